The van der Waals surface area contributed by atoms with Crippen LogP contribution in [-0.4, -0.2) is 21.7 Å². The number of hydrogen-bond donors (Lipinski definition) is 2. The van der Waals surface area contributed by atoms with Crippen molar-refractivity contribution in [2.24, 2.45) is 5.92 Å². The third-order valence-corrected chi connectivity index (χ3v) is 4.80. The molecule has 0 aliphatic heterocycles. The lowest BCUT2D eigenvalue weighted by molar-refractivity contribution is 0.0229. The highest BCUT2D eigenvalue weighted by molar-refractivity contribution is 5.94. The molecule has 5 nitrogen and oxygen atoms in total. The van der Waals surface area contributed by atoms with Crippen LogP contribution in [0, 0.1) is 17.6 Å². The lowest BCUT2D eigenvalue weighted by Crippen LogP contribution is -2.42. The van der Waals surface area contributed by atoms with Gasteiger partial charge in [-0.25, -0.2) is 8.78 Å². The summed E-state index contributed by atoms with van der Waals surface area (Å²) in [6.45, 7) is 2.31. The molecule has 1 aromatic heterocycles. The molecular weight excluding hydrogens is 342 g/mol. The maximum absolute atomic E-state index is 14.2. The van der Waals surface area contributed by atoms with Gasteiger partial charge in [-0.05, 0) is 37.8 Å². The predicted octanol–water partition coefficient (Wildman–Crippen LogP) is 2.39. The summed E-state index contributed by atoms with van der Waals surface area (Å²) < 4.78 is 28.9. The average Bonchev–Trinajstić information content (AvgIpc) is 2.57. The van der Waals surface area contributed by atoms with Gasteiger partial charge in [-0.1, -0.05) is 6.07 Å². The van der Waals surface area contributed by atoms with Gasteiger partial charge in [0.2, 0.25) is 0 Å². The standard InChI is InChI=1S/C19H20F2N2O3/c1-2-23-6-5-11(9-17(23)25)19(26)22-18(12-7-14(24)8-12)15-4-3-13(20)10-16(15)21/h3-6,9-10,12,14,18,24H,2,7-8H2,1H3,(H,22,26)/t12?,14?,18-/m0/s1. The van der Waals surface area contributed by atoms with E-state index in [4.69, 9.17) is 0 Å². The van der Waals surface area contributed by atoms with E-state index in [1.54, 1.807) is 0 Å². The highest BCUT2D eigenvalue weighted by atomic mass is 19.1. The van der Waals surface area contributed by atoms with Crippen LogP contribution in [0.2, 0.25) is 0 Å². The Morgan fingerprint density at radius 1 is 1.31 bits per heavy atom. The van der Waals surface area contributed by atoms with Crippen molar-refractivity contribution in [2.75, 3.05) is 0 Å². The van der Waals surface area contributed by atoms with Crippen molar-refractivity contribution >= 4 is 5.91 Å². The second kappa shape index (κ2) is 7.37. The Bertz CT molecular complexity index is 875. The van der Waals surface area contributed by atoms with Crippen LogP contribution in [0.25, 0.3) is 0 Å². The molecule has 0 radical (unpaired) electrons. The molecule has 1 heterocycles. The van der Waals surface area contributed by atoms with Gasteiger partial charge in [0.05, 0.1) is 12.1 Å². The minimum absolute atomic E-state index is 0.162. The highest BCUT2D eigenvalue weighted by Gasteiger charge is 2.37. The molecule has 1 saturated carbocycles. The fraction of sp³-hybridized carbons (Fsp3) is 0.368. The van der Waals surface area contributed by atoms with Crippen LogP contribution in [0.4, 0.5) is 8.78 Å². The second-order valence-corrected chi connectivity index (χ2v) is 6.54. The summed E-state index contributed by atoms with van der Waals surface area (Å²) in [5.41, 5.74) is 0.0365. The van der Waals surface area contributed by atoms with Crippen LogP contribution in [-0.2, 0) is 6.54 Å². The zero-order valence-corrected chi connectivity index (χ0v) is 14.3. The Labute approximate surface area is 149 Å². The Morgan fingerprint density at radius 2 is 2.04 bits per heavy atom. The van der Waals surface area contributed by atoms with E-state index in [2.05, 4.69) is 5.32 Å². The maximum atomic E-state index is 14.2. The molecule has 3 rings (SSSR count). The minimum Gasteiger partial charge on any atom is -0.393 e. The van der Waals surface area contributed by atoms with Gasteiger partial charge in [-0.2, -0.15) is 0 Å². The monoisotopic (exact) mass is 362 g/mol. The van der Waals surface area contributed by atoms with Gasteiger partial charge < -0.3 is 15.0 Å². The molecule has 138 valence electrons. The minimum atomic E-state index is -0.752. The number of nitrogens with one attached hydrogen (secondary N) is 1. The van der Waals surface area contributed by atoms with Gasteiger partial charge in [0, 0.05) is 36.0 Å². The van der Waals surface area contributed by atoms with Gasteiger partial charge in [-0.3, -0.25) is 9.59 Å². The van der Waals surface area contributed by atoms with E-state index in [0.717, 1.165) is 12.1 Å². The largest absolute Gasteiger partial charge is 0.393 e. The van der Waals surface area contributed by atoms with E-state index in [9.17, 15) is 23.5 Å². The second-order valence-electron chi connectivity index (χ2n) is 6.54. The molecular formula is C19H20F2N2O3. The molecule has 1 aliphatic carbocycles. The Balaban J connectivity index is 1.87. The number of rotatable bonds is 5. The molecule has 0 spiro atoms. The lowest BCUT2D eigenvalue weighted by atomic mass is 9.75. The van der Waals surface area contributed by atoms with Gasteiger partial charge >= 0.3 is 0 Å². The smallest absolute Gasteiger partial charge is 0.252 e. The molecule has 2 aromatic rings. The molecule has 1 aliphatic rings. The molecule has 0 bridgehead atoms. The molecule has 1 atom stereocenters. The number of aryl methyl sites for hydroxylation is 1. The lowest BCUT2D eigenvalue weighted by Gasteiger charge is -2.38. The van der Waals surface area contributed by atoms with Crippen molar-refractivity contribution in [3.8, 4) is 0 Å². The molecule has 1 aromatic carbocycles. The molecule has 1 fully saturated rings. The first-order valence-electron chi connectivity index (χ1n) is 8.53. The van der Waals surface area contributed by atoms with Crippen molar-refractivity contribution < 1.29 is 18.7 Å². The van der Waals surface area contributed by atoms with Gasteiger partial charge in [0.1, 0.15) is 11.6 Å². The number of halogens is 2. The fourth-order valence-corrected chi connectivity index (χ4v) is 3.24. The number of carbonyl (C=O) groups excluding carboxylic acids is 1. The summed E-state index contributed by atoms with van der Waals surface area (Å²) >= 11 is 0. The van der Waals surface area contributed by atoms with Crippen LogP contribution in [0.1, 0.15) is 41.7 Å². The van der Waals surface area contributed by atoms with Crippen molar-refractivity contribution in [1.82, 2.24) is 9.88 Å². The SMILES string of the molecule is CCn1ccc(C(=O)N[C@H](c2ccc(F)cc2F)C2CC(O)C2)cc1=O. The van der Waals surface area contributed by atoms with E-state index in [1.807, 2.05) is 6.92 Å². The van der Waals surface area contributed by atoms with E-state index >= 15 is 0 Å². The number of benzene rings is 1. The Hall–Kier alpha value is -2.54. The predicted molar refractivity (Wildman–Crippen MR) is 91.7 cm³/mol. The summed E-state index contributed by atoms with van der Waals surface area (Å²) in [6.07, 6.45) is 1.87. The number of carbonyl (C=O) groups is 1. The summed E-state index contributed by atoms with van der Waals surface area (Å²) in [7, 11) is 0. The van der Waals surface area contributed by atoms with Crippen LogP contribution in [0.5, 0.6) is 0 Å². The van der Waals surface area contributed by atoms with Crippen LogP contribution in [0.3, 0.4) is 0 Å². The zero-order chi connectivity index (χ0) is 18.8. The van der Waals surface area contributed by atoms with Crippen molar-refractivity contribution in [2.45, 2.75) is 38.5 Å². The summed E-state index contributed by atoms with van der Waals surface area (Å²) in [4.78, 5) is 24.5. The molecule has 2 N–H and O–H groups in total. The first-order chi connectivity index (χ1) is 12.4. The van der Waals surface area contributed by atoms with Crippen LogP contribution >= 0.6 is 0 Å². The molecule has 0 unspecified atom stereocenters. The zero-order valence-electron chi connectivity index (χ0n) is 14.3. The van der Waals surface area contributed by atoms with Crippen molar-refractivity contribution in [3.05, 3.63) is 69.6 Å². The van der Waals surface area contributed by atoms with Gasteiger partial charge in [0.25, 0.3) is 11.5 Å². The summed E-state index contributed by atoms with van der Waals surface area (Å²) in [6, 6.07) is 5.25. The fourth-order valence-electron chi connectivity index (χ4n) is 3.24. The number of aromatic nitrogens is 1. The van der Waals surface area contributed by atoms with Gasteiger partial charge in [0.15, 0.2) is 0 Å². The number of amides is 1. The Kier molecular flexibility index (Phi) is 5.18. The average molecular weight is 362 g/mol. The van der Waals surface area contributed by atoms with E-state index in [-0.39, 0.29) is 22.6 Å². The molecule has 26 heavy (non-hydrogen) atoms. The topological polar surface area (TPSA) is 71.3 Å². The van der Waals surface area contributed by atoms with Crippen LogP contribution in [0.15, 0.2) is 41.3 Å². The third-order valence-electron chi connectivity index (χ3n) is 4.80. The number of aliphatic hydroxyl groups excluding tert-OH is 1. The van der Waals surface area contributed by atoms with Gasteiger partial charge in [-0.15, -0.1) is 0 Å². The number of pyridine rings is 1. The van der Waals surface area contributed by atoms with Crippen molar-refractivity contribution in [1.29, 1.82) is 0 Å². The summed E-state index contributed by atoms with van der Waals surface area (Å²) in [5, 5.41) is 12.3. The first-order valence-corrected chi connectivity index (χ1v) is 8.53. The summed E-state index contributed by atoms with van der Waals surface area (Å²) in [5.74, 6) is -2.13. The normalized spacial score (nSPS) is 20.3. The van der Waals surface area contributed by atoms with E-state index in [1.165, 1.54) is 29.0 Å². The van der Waals surface area contributed by atoms with Crippen molar-refractivity contribution in [3.63, 3.8) is 0 Å². The van der Waals surface area contributed by atoms with E-state index < -0.39 is 29.7 Å². The quantitative estimate of drug-likeness (QED) is 0.858. The first kappa shape index (κ1) is 18.3. The molecule has 7 heteroatoms. The third kappa shape index (κ3) is 3.67. The number of aliphatic hydroxyl groups is 1. The molecule has 0 saturated heterocycles. The maximum Gasteiger partial charge on any atom is 0.252 e. The highest BCUT2D eigenvalue weighted by Crippen LogP contribution is 2.39. The Morgan fingerprint density at radius 3 is 2.62 bits per heavy atom. The molecule has 1 amide bonds. The van der Waals surface area contributed by atoms with E-state index in [0.29, 0.717) is 19.4 Å². The number of nitrogens with zero attached hydrogens (tertiary/aromatic N) is 1. The van der Waals surface area contributed by atoms with Crippen LogP contribution < -0.4 is 10.9 Å². The number of hydrogen-bond acceptors (Lipinski definition) is 3.